The molecule has 4 N–H and O–H groups in total. The fourth-order valence-corrected chi connectivity index (χ4v) is 1.42. The van der Waals surface area contributed by atoms with Crippen LogP contribution in [-0.2, 0) is 15.1 Å². The molecular weight excluding hydrogens is 216 g/mol. The number of primary amides is 1. The van der Waals surface area contributed by atoms with Crippen molar-refractivity contribution in [1.29, 1.82) is 0 Å². The Morgan fingerprint density at radius 2 is 2.00 bits per heavy atom. The zero-order chi connectivity index (χ0) is 12.9. The molecule has 2 atom stereocenters. The van der Waals surface area contributed by atoms with E-state index in [1.165, 1.54) is 0 Å². The van der Waals surface area contributed by atoms with Crippen molar-refractivity contribution in [3.63, 3.8) is 0 Å². The minimum atomic E-state index is -1.26. The molecule has 0 aliphatic carbocycles. The van der Waals surface area contributed by atoms with Gasteiger partial charge in [0.05, 0.1) is 12.7 Å². The van der Waals surface area contributed by atoms with Gasteiger partial charge in [0.2, 0.25) is 5.91 Å². The van der Waals surface area contributed by atoms with Gasteiger partial charge in [-0.1, -0.05) is 37.3 Å². The van der Waals surface area contributed by atoms with E-state index in [9.17, 15) is 4.79 Å². The Labute approximate surface area is 102 Å². The van der Waals surface area contributed by atoms with E-state index in [-0.39, 0.29) is 12.7 Å². The summed E-state index contributed by atoms with van der Waals surface area (Å²) in [7, 11) is 0. The molecule has 0 saturated heterocycles. The van der Waals surface area contributed by atoms with Crippen LogP contribution in [0.4, 0.5) is 0 Å². The van der Waals surface area contributed by atoms with Crippen LogP contribution in [0.1, 0.15) is 25.8 Å². The van der Waals surface area contributed by atoms with Gasteiger partial charge in [-0.3, -0.25) is 4.79 Å². The topological polar surface area (TPSA) is 78.3 Å². The van der Waals surface area contributed by atoms with Gasteiger partial charge >= 0.3 is 0 Å². The SMILES string of the molecule is CCC(C)OCC(N)(C(N)=O)c1ccccc1. The van der Waals surface area contributed by atoms with Gasteiger partial charge < -0.3 is 16.2 Å². The van der Waals surface area contributed by atoms with E-state index in [0.717, 1.165) is 6.42 Å². The first-order valence-corrected chi connectivity index (χ1v) is 5.76. The van der Waals surface area contributed by atoms with Gasteiger partial charge in [0.15, 0.2) is 0 Å². The number of hydrogen-bond donors (Lipinski definition) is 2. The molecule has 4 nitrogen and oxygen atoms in total. The first-order chi connectivity index (χ1) is 8.00. The average Bonchev–Trinajstić information content (AvgIpc) is 2.36. The number of rotatable bonds is 6. The first-order valence-electron chi connectivity index (χ1n) is 5.76. The highest BCUT2D eigenvalue weighted by molar-refractivity contribution is 5.86. The molecule has 17 heavy (non-hydrogen) atoms. The summed E-state index contributed by atoms with van der Waals surface area (Å²) in [4.78, 5) is 11.5. The second kappa shape index (κ2) is 5.80. The third-order valence-electron chi connectivity index (χ3n) is 2.90. The monoisotopic (exact) mass is 236 g/mol. The summed E-state index contributed by atoms with van der Waals surface area (Å²) < 4.78 is 5.55. The molecule has 4 heteroatoms. The normalized spacial score (nSPS) is 16.2. The maximum atomic E-state index is 11.5. The molecule has 0 aliphatic rings. The zero-order valence-electron chi connectivity index (χ0n) is 10.3. The highest BCUT2D eigenvalue weighted by atomic mass is 16.5. The van der Waals surface area contributed by atoms with Crippen molar-refractivity contribution in [3.8, 4) is 0 Å². The van der Waals surface area contributed by atoms with Crippen LogP contribution in [0.15, 0.2) is 30.3 Å². The molecular formula is C13H20N2O2. The number of amides is 1. The van der Waals surface area contributed by atoms with E-state index >= 15 is 0 Å². The summed E-state index contributed by atoms with van der Waals surface area (Å²) >= 11 is 0. The summed E-state index contributed by atoms with van der Waals surface area (Å²) in [6.45, 7) is 4.05. The lowest BCUT2D eigenvalue weighted by atomic mass is 9.91. The number of nitrogens with two attached hydrogens (primary N) is 2. The van der Waals surface area contributed by atoms with Crippen LogP contribution < -0.4 is 11.5 Å². The van der Waals surface area contributed by atoms with Crippen LogP contribution in [0.2, 0.25) is 0 Å². The lowest BCUT2D eigenvalue weighted by Crippen LogP contribution is -2.53. The molecule has 94 valence electrons. The quantitative estimate of drug-likeness (QED) is 0.777. The molecule has 1 rings (SSSR count). The molecule has 1 aromatic rings. The molecule has 0 radical (unpaired) electrons. The number of hydrogen-bond acceptors (Lipinski definition) is 3. The van der Waals surface area contributed by atoms with Crippen molar-refractivity contribution < 1.29 is 9.53 Å². The first kappa shape index (κ1) is 13.7. The Balaban J connectivity index is 2.87. The fourth-order valence-electron chi connectivity index (χ4n) is 1.42. The van der Waals surface area contributed by atoms with Crippen LogP contribution in [0.5, 0.6) is 0 Å². The summed E-state index contributed by atoms with van der Waals surface area (Å²) in [5.74, 6) is -0.577. The second-order valence-electron chi connectivity index (χ2n) is 4.23. The Morgan fingerprint density at radius 1 is 1.41 bits per heavy atom. The predicted octanol–water partition coefficient (Wildman–Crippen LogP) is 1.14. The van der Waals surface area contributed by atoms with Crippen LogP contribution in [0.25, 0.3) is 0 Å². The van der Waals surface area contributed by atoms with Gasteiger partial charge in [-0.25, -0.2) is 0 Å². The van der Waals surface area contributed by atoms with Crippen LogP contribution in [0.3, 0.4) is 0 Å². The van der Waals surface area contributed by atoms with Gasteiger partial charge in [0, 0.05) is 0 Å². The highest BCUT2D eigenvalue weighted by Crippen LogP contribution is 2.19. The highest BCUT2D eigenvalue weighted by Gasteiger charge is 2.34. The third-order valence-corrected chi connectivity index (χ3v) is 2.90. The Morgan fingerprint density at radius 3 is 2.47 bits per heavy atom. The molecule has 1 amide bonds. The predicted molar refractivity (Wildman–Crippen MR) is 67.2 cm³/mol. The molecule has 2 unspecified atom stereocenters. The molecule has 0 heterocycles. The third kappa shape index (κ3) is 3.28. The Bertz CT molecular complexity index is 367. The lowest BCUT2D eigenvalue weighted by Gasteiger charge is -2.27. The van der Waals surface area contributed by atoms with Crippen LogP contribution >= 0.6 is 0 Å². The molecule has 0 aliphatic heterocycles. The van der Waals surface area contributed by atoms with Crippen molar-refractivity contribution in [2.24, 2.45) is 11.5 Å². The minimum absolute atomic E-state index is 0.0565. The van der Waals surface area contributed by atoms with E-state index in [2.05, 4.69) is 0 Å². The van der Waals surface area contributed by atoms with E-state index in [4.69, 9.17) is 16.2 Å². The summed E-state index contributed by atoms with van der Waals surface area (Å²) in [6.07, 6.45) is 0.921. The van der Waals surface area contributed by atoms with E-state index in [1.807, 2.05) is 32.0 Å². The summed E-state index contributed by atoms with van der Waals surface area (Å²) in [6, 6.07) is 9.07. The van der Waals surface area contributed by atoms with E-state index in [1.54, 1.807) is 12.1 Å². The lowest BCUT2D eigenvalue weighted by molar-refractivity contribution is -0.126. The summed E-state index contributed by atoms with van der Waals surface area (Å²) in [5.41, 5.74) is 10.9. The van der Waals surface area contributed by atoms with Crippen LogP contribution in [0, 0.1) is 0 Å². The van der Waals surface area contributed by atoms with Crippen molar-refractivity contribution in [2.75, 3.05) is 6.61 Å². The maximum absolute atomic E-state index is 11.5. The van der Waals surface area contributed by atoms with Gasteiger partial charge in [-0.2, -0.15) is 0 Å². The van der Waals surface area contributed by atoms with E-state index < -0.39 is 11.4 Å². The van der Waals surface area contributed by atoms with Crippen molar-refractivity contribution in [3.05, 3.63) is 35.9 Å². The number of carbonyl (C=O) groups excluding carboxylic acids is 1. The Hall–Kier alpha value is -1.39. The molecule has 0 fully saturated rings. The molecule has 0 saturated carbocycles. The van der Waals surface area contributed by atoms with Crippen LogP contribution in [-0.4, -0.2) is 18.6 Å². The van der Waals surface area contributed by atoms with Gasteiger partial charge in [-0.15, -0.1) is 0 Å². The van der Waals surface area contributed by atoms with Crippen molar-refractivity contribution >= 4 is 5.91 Å². The maximum Gasteiger partial charge on any atom is 0.244 e. The van der Waals surface area contributed by atoms with Gasteiger partial charge in [-0.05, 0) is 18.9 Å². The average molecular weight is 236 g/mol. The summed E-state index contributed by atoms with van der Waals surface area (Å²) in [5, 5.41) is 0. The smallest absolute Gasteiger partial charge is 0.244 e. The molecule has 0 spiro atoms. The minimum Gasteiger partial charge on any atom is -0.376 e. The van der Waals surface area contributed by atoms with Crippen molar-refractivity contribution in [2.45, 2.75) is 31.9 Å². The van der Waals surface area contributed by atoms with Gasteiger partial charge in [0.25, 0.3) is 0 Å². The molecule has 0 aromatic heterocycles. The molecule has 0 bridgehead atoms. The number of benzene rings is 1. The molecule has 1 aromatic carbocycles. The number of ether oxygens (including phenoxy) is 1. The van der Waals surface area contributed by atoms with Crippen molar-refractivity contribution in [1.82, 2.24) is 0 Å². The Kier molecular flexibility index (Phi) is 4.66. The largest absolute Gasteiger partial charge is 0.376 e. The number of carbonyl (C=O) groups is 1. The fraction of sp³-hybridized carbons (Fsp3) is 0.462. The van der Waals surface area contributed by atoms with E-state index in [0.29, 0.717) is 5.56 Å². The second-order valence-corrected chi connectivity index (χ2v) is 4.23. The van der Waals surface area contributed by atoms with Gasteiger partial charge in [0.1, 0.15) is 5.54 Å². The zero-order valence-corrected chi connectivity index (χ0v) is 10.3. The standard InChI is InChI=1S/C13H20N2O2/c1-3-10(2)17-9-13(15,12(14)16)11-7-5-4-6-8-11/h4-8,10H,3,9,15H2,1-2H3,(H2,14,16).